The fraction of sp³-hybridized carbons (Fsp3) is 0.357. The van der Waals surface area contributed by atoms with Crippen LogP contribution in [0.4, 0.5) is 10.1 Å². The van der Waals surface area contributed by atoms with E-state index in [1.165, 1.54) is 18.2 Å². The third kappa shape index (κ3) is 3.24. The molecule has 102 valence electrons. The van der Waals surface area contributed by atoms with E-state index in [4.69, 9.17) is 10.5 Å². The van der Waals surface area contributed by atoms with Crippen LogP contribution in [0.2, 0.25) is 0 Å². The minimum Gasteiger partial charge on any atom is -0.485 e. The maximum Gasteiger partial charge on any atom is 0.142 e. The van der Waals surface area contributed by atoms with Crippen molar-refractivity contribution in [2.24, 2.45) is 0 Å². The third-order valence-corrected chi connectivity index (χ3v) is 3.05. The second-order valence-corrected chi connectivity index (χ2v) is 4.52. The van der Waals surface area contributed by atoms with Crippen LogP contribution in [0.15, 0.2) is 30.5 Å². The smallest absolute Gasteiger partial charge is 0.142 e. The zero-order valence-electron chi connectivity index (χ0n) is 11.1. The van der Waals surface area contributed by atoms with Crippen LogP contribution < -0.4 is 10.5 Å². The molecule has 1 unspecified atom stereocenters. The number of rotatable bonds is 5. The van der Waals surface area contributed by atoms with Crippen LogP contribution >= 0.6 is 0 Å². The van der Waals surface area contributed by atoms with E-state index in [0.29, 0.717) is 24.1 Å². The first kappa shape index (κ1) is 13.4. The van der Waals surface area contributed by atoms with Crippen molar-refractivity contribution in [1.82, 2.24) is 9.78 Å². The van der Waals surface area contributed by atoms with Gasteiger partial charge >= 0.3 is 0 Å². The summed E-state index contributed by atoms with van der Waals surface area (Å²) >= 11 is 0. The van der Waals surface area contributed by atoms with Crippen LogP contribution in [0.1, 0.15) is 32.0 Å². The van der Waals surface area contributed by atoms with Gasteiger partial charge in [0.2, 0.25) is 0 Å². The first-order valence-electron chi connectivity index (χ1n) is 6.32. The van der Waals surface area contributed by atoms with Crippen LogP contribution in [-0.2, 0) is 6.61 Å². The maximum absolute atomic E-state index is 12.9. The van der Waals surface area contributed by atoms with Gasteiger partial charge in [0.15, 0.2) is 0 Å². The Morgan fingerprint density at radius 1 is 1.42 bits per heavy atom. The van der Waals surface area contributed by atoms with E-state index >= 15 is 0 Å². The highest BCUT2D eigenvalue weighted by Gasteiger charge is 2.06. The molecular weight excluding hydrogens is 245 g/mol. The molecule has 2 aromatic rings. The summed E-state index contributed by atoms with van der Waals surface area (Å²) in [7, 11) is 0. The van der Waals surface area contributed by atoms with Crippen molar-refractivity contribution in [3.05, 3.63) is 42.0 Å². The van der Waals surface area contributed by atoms with Crippen molar-refractivity contribution in [2.45, 2.75) is 32.9 Å². The summed E-state index contributed by atoms with van der Waals surface area (Å²) in [5.74, 6) is 0.102. The molecule has 0 spiro atoms. The topological polar surface area (TPSA) is 53.1 Å². The summed E-state index contributed by atoms with van der Waals surface area (Å²) < 4.78 is 20.3. The number of halogens is 1. The molecule has 1 heterocycles. The number of hydrogen-bond donors (Lipinski definition) is 1. The SMILES string of the molecule is CCC(C)n1ccc(COc2ccc(F)cc2N)n1. The molecule has 1 aromatic heterocycles. The average molecular weight is 263 g/mol. The summed E-state index contributed by atoms with van der Waals surface area (Å²) in [5, 5.41) is 4.42. The molecule has 0 fully saturated rings. The Morgan fingerprint density at radius 2 is 2.21 bits per heavy atom. The Labute approximate surface area is 112 Å². The van der Waals surface area contributed by atoms with Crippen molar-refractivity contribution >= 4 is 5.69 Å². The van der Waals surface area contributed by atoms with Crippen molar-refractivity contribution in [2.75, 3.05) is 5.73 Å². The quantitative estimate of drug-likeness (QED) is 0.843. The van der Waals surface area contributed by atoms with E-state index in [1.807, 2.05) is 16.9 Å². The van der Waals surface area contributed by atoms with Gasteiger partial charge in [0.05, 0.1) is 11.4 Å². The summed E-state index contributed by atoms with van der Waals surface area (Å²) in [4.78, 5) is 0. The monoisotopic (exact) mass is 263 g/mol. The number of nitrogen functional groups attached to an aromatic ring is 1. The Balaban J connectivity index is 2.00. The molecule has 0 saturated carbocycles. The molecule has 1 aromatic carbocycles. The van der Waals surface area contributed by atoms with Gasteiger partial charge in [-0.15, -0.1) is 0 Å². The van der Waals surface area contributed by atoms with Crippen molar-refractivity contribution < 1.29 is 9.13 Å². The summed E-state index contributed by atoms with van der Waals surface area (Å²) in [6, 6.07) is 6.36. The molecule has 5 heteroatoms. The van der Waals surface area contributed by atoms with Crippen LogP contribution in [-0.4, -0.2) is 9.78 Å². The predicted molar refractivity (Wildman–Crippen MR) is 72.4 cm³/mol. The van der Waals surface area contributed by atoms with Crippen LogP contribution in [0.3, 0.4) is 0 Å². The number of ether oxygens (including phenoxy) is 1. The Hall–Kier alpha value is -2.04. The second kappa shape index (κ2) is 5.73. The average Bonchev–Trinajstić information content (AvgIpc) is 2.85. The molecule has 19 heavy (non-hydrogen) atoms. The first-order chi connectivity index (χ1) is 9.10. The molecule has 1 atom stereocenters. The van der Waals surface area contributed by atoms with E-state index in [9.17, 15) is 4.39 Å². The largest absolute Gasteiger partial charge is 0.485 e. The maximum atomic E-state index is 12.9. The predicted octanol–water partition coefficient (Wildman–Crippen LogP) is 3.15. The summed E-state index contributed by atoms with van der Waals surface area (Å²) in [6.07, 6.45) is 2.95. The highest BCUT2D eigenvalue weighted by molar-refractivity contribution is 5.52. The second-order valence-electron chi connectivity index (χ2n) is 4.52. The lowest BCUT2D eigenvalue weighted by Gasteiger charge is -2.09. The van der Waals surface area contributed by atoms with Gasteiger partial charge in [0.25, 0.3) is 0 Å². The molecule has 4 nitrogen and oxygen atoms in total. The first-order valence-corrected chi connectivity index (χ1v) is 6.32. The van der Waals surface area contributed by atoms with Gasteiger partial charge in [0.1, 0.15) is 18.2 Å². The van der Waals surface area contributed by atoms with E-state index in [1.54, 1.807) is 0 Å². The molecule has 0 aliphatic heterocycles. The number of aromatic nitrogens is 2. The molecule has 0 radical (unpaired) electrons. The van der Waals surface area contributed by atoms with Gasteiger partial charge in [-0.05, 0) is 31.5 Å². The van der Waals surface area contributed by atoms with E-state index in [2.05, 4.69) is 18.9 Å². The molecule has 2 rings (SSSR count). The standard InChI is InChI=1S/C14H18FN3O/c1-3-10(2)18-7-6-12(17-18)9-19-14-5-4-11(15)8-13(14)16/h4-8,10H,3,9,16H2,1-2H3. The lowest BCUT2D eigenvalue weighted by Crippen LogP contribution is -2.06. The molecule has 0 aliphatic carbocycles. The van der Waals surface area contributed by atoms with Gasteiger partial charge in [-0.2, -0.15) is 5.10 Å². The van der Waals surface area contributed by atoms with Crippen molar-refractivity contribution in [1.29, 1.82) is 0 Å². The van der Waals surface area contributed by atoms with Crippen LogP contribution in [0.25, 0.3) is 0 Å². The third-order valence-electron chi connectivity index (χ3n) is 3.05. The van der Waals surface area contributed by atoms with Gasteiger partial charge in [-0.3, -0.25) is 4.68 Å². The minimum absolute atomic E-state index is 0.293. The fourth-order valence-electron chi connectivity index (χ4n) is 1.69. The van der Waals surface area contributed by atoms with Gasteiger partial charge in [0, 0.05) is 18.3 Å². The summed E-state index contributed by atoms with van der Waals surface area (Å²) in [5.41, 5.74) is 6.79. The lowest BCUT2D eigenvalue weighted by atomic mass is 10.3. The Kier molecular flexibility index (Phi) is 4.04. The molecule has 0 bridgehead atoms. The normalized spacial score (nSPS) is 12.4. The summed E-state index contributed by atoms with van der Waals surface area (Å²) in [6.45, 7) is 4.54. The molecule has 2 N–H and O–H groups in total. The Bertz CT molecular complexity index is 553. The highest BCUT2D eigenvalue weighted by Crippen LogP contribution is 2.22. The minimum atomic E-state index is -0.370. The van der Waals surface area contributed by atoms with Gasteiger partial charge in [-0.25, -0.2) is 4.39 Å². The molecule has 0 amide bonds. The zero-order chi connectivity index (χ0) is 13.8. The number of hydrogen-bond acceptors (Lipinski definition) is 3. The number of nitrogens with two attached hydrogens (primary N) is 1. The fourth-order valence-corrected chi connectivity index (χ4v) is 1.69. The van der Waals surface area contributed by atoms with E-state index in [0.717, 1.165) is 12.1 Å². The van der Waals surface area contributed by atoms with Gasteiger partial charge in [-0.1, -0.05) is 6.92 Å². The molecular formula is C14H18FN3O. The van der Waals surface area contributed by atoms with Crippen molar-refractivity contribution in [3.8, 4) is 5.75 Å². The number of benzene rings is 1. The van der Waals surface area contributed by atoms with Crippen molar-refractivity contribution in [3.63, 3.8) is 0 Å². The zero-order valence-corrected chi connectivity index (χ0v) is 11.1. The van der Waals surface area contributed by atoms with E-state index < -0.39 is 0 Å². The van der Waals surface area contributed by atoms with Crippen LogP contribution in [0.5, 0.6) is 5.75 Å². The molecule has 0 saturated heterocycles. The highest BCUT2D eigenvalue weighted by atomic mass is 19.1. The Morgan fingerprint density at radius 3 is 2.89 bits per heavy atom. The van der Waals surface area contributed by atoms with Crippen LogP contribution in [0, 0.1) is 5.82 Å². The number of nitrogens with zero attached hydrogens (tertiary/aromatic N) is 2. The molecule has 0 aliphatic rings. The lowest BCUT2D eigenvalue weighted by molar-refractivity contribution is 0.299. The van der Waals surface area contributed by atoms with Gasteiger partial charge < -0.3 is 10.5 Å². The number of anilines is 1. The van der Waals surface area contributed by atoms with E-state index in [-0.39, 0.29) is 5.82 Å².